The number of hydrogen-bond donors (Lipinski definition) is 1. The smallest absolute Gasteiger partial charge is 0.419 e. The number of phenolic OH excluding ortho intramolecular Hbond substituents is 1. The van der Waals surface area contributed by atoms with Gasteiger partial charge in [-0.3, -0.25) is 0 Å². The molecule has 1 atom stereocenters. The lowest BCUT2D eigenvalue weighted by Crippen LogP contribution is -2.19. The molecule has 0 spiro atoms. The third kappa shape index (κ3) is 1.56. The first kappa shape index (κ1) is 10.3. The maximum absolute atomic E-state index is 12.5. The van der Waals surface area contributed by atoms with Crippen molar-refractivity contribution in [1.82, 2.24) is 0 Å². The van der Waals surface area contributed by atoms with Crippen LogP contribution in [0.1, 0.15) is 22.8 Å². The van der Waals surface area contributed by atoms with E-state index in [-0.39, 0.29) is 17.9 Å². The lowest BCUT2D eigenvalue weighted by atomic mass is 9.99. The molecule has 0 aliphatic carbocycles. The Kier molecular flexibility index (Phi) is 2.15. The summed E-state index contributed by atoms with van der Waals surface area (Å²) in [5.74, 6) is -0.351. The number of halogens is 3. The van der Waals surface area contributed by atoms with E-state index in [0.29, 0.717) is 11.1 Å². The normalized spacial score (nSPS) is 20.4. The summed E-state index contributed by atoms with van der Waals surface area (Å²) in [6.45, 7) is 1.60. The molecule has 0 radical (unpaired) electrons. The second-order valence-corrected chi connectivity index (χ2v) is 3.53. The maximum atomic E-state index is 12.5. The largest absolute Gasteiger partial charge is 0.508 e. The molecular weight excluding hydrogens is 209 g/mol. The fourth-order valence-electron chi connectivity index (χ4n) is 1.75. The number of fused-ring (bicyclic) bond motifs is 1. The topological polar surface area (TPSA) is 29.5 Å². The minimum atomic E-state index is -4.48. The van der Waals surface area contributed by atoms with Crippen LogP contribution in [-0.2, 0) is 11.3 Å². The van der Waals surface area contributed by atoms with Crippen molar-refractivity contribution in [2.45, 2.75) is 25.8 Å². The third-order valence-corrected chi connectivity index (χ3v) is 2.52. The molecule has 0 saturated carbocycles. The van der Waals surface area contributed by atoms with Crippen LogP contribution < -0.4 is 0 Å². The molecule has 0 bridgehead atoms. The molecule has 82 valence electrons. The predicted molar refractivity (Wildman–Crippen MR) is 46.4 cm³/mol. The summed E-state index contributed by atoms with van der Waals surface area (Å²) in [4.78, 5) is 0. The molecule has 1 unspecified atom stereocenters. The fourth-order valence-corrected chi connectivity index (χ4v) is 1.75. The SMILES string of the molecule is Cc1ccc(O)c2c1COC2C(F)(F)F. The minimum absolute atomic E-state index is 0.0975. The van der Waals surface area contributed by atoms with E-state index in [0.717, 1.165) is 0 Å². The van der Waals surface area contributed by atoms with Gasteiger partial charge in [-0.25, -0.2) is 0 Å². The molecule has 1 aromatic rings. The van der Waals surface area contributed by atoms with Crippen LogP contribution in [-0.4, -0.2) is 11.3 Å². The van der Waals surface area contributed by atoms with E-state index in [4.69, 9.17) is 0 Å². The zero-order valence-electron chi connectivity index (χ0n) is 7.93. The summed E-state index contributed by atoms with van der Waals surface area (Å²) in [5.41, 5.74) is 1.01. The van der Waals surface area contributed by atoms with Crippen LogP contribution in [0, 0.1) is 6.92 Å². The van der Waals surface area contributed by atoms with E-state index >= 15 is 0 Å². The summed E-state index contributed by atoms with van der Waals surface area (Å²) in [6, 6.07) is 2.85. The minimum Gasteiger partial charge on any atom is -0.508 e. The van der Waals surface area contributed by atoms with E-state index in [1.807, 2.05) is 0 Å². The Morgan fingerprint density at radius 3 is 2.67 bits per heavy atom. The van der Waals surface area contributed by atoms with Gasteiger partial charge in [-0.1, -0.05) is 6.07 Å². The molecule has 15 heavy (non-hydrogen) atoms. The first-order valence-electron chi connectivity index (χ1n) is 4.41. The molecule has 1 aliphatic rings. The van der Waals surface area contributed by atoms with Gasteiger partial charge < -0.3 is 9.84 Å². The zero-order valence-corrected chi connectivity index (χ0v) is 7.93. The Hall–Kier alpha value is -1.23. The van der Waals surface area contributed by atoms with E-state index in [2.05, 4.69) is 4.74 Å². The quantitative estimate of drug-likeness (QED) is 0.725. The van der Waals surface area contributed by atoms with Crippen LogP contribution >= 0.6 is 0 Å². The number of aryl methyl sites for hydroxylation is 1. The van der Waals surface area contributed by atoms with Crippen LogP contribution in [0.5, 0.6) is 5.75 Å². The second-order valence-electron chi connectivity index (χ2n) is 3.53. The van der Waals surface area contributed by atoms with Gasteiger partial charge in [-0.15, -0.1) is 0 Å². The summed E-state index contributed by atoms with van der Waals surface area (Å²) in [5, 5.41) is 9.41. The van der Waals surface area contributed by atoms with Crippen LogP contribution in [0.15, 0.2) is 12.1 Å². The van der Waals surface area contributed by atoms with Crippen LogP contribution in [0.2, 0.25) is 0 Å². The lowest BCUT2D eigenvalue weighted by molar-refractivity contribution is -0.219. The van der Waals surface area contributed by atoms with Gasteiger partial charge in [0.15, 0.2) is 6.10 Å². The van der Waals surface area contributed by atoms with Crippen molar-refractivity contribution < 1.29 is 23.0 Å². The summed E-state index contributed by atoms with van der Waals surface area (Å²) >= 11 is 0. The molecule has 0 amide bonds. The van der Waals surface area contributed by atoms with E-state index in [1.165, 1.54) is 6.07 Å². The highest BCUT2D eigenvalue weighted by Crippen LogP contribution is 2.46. The first-order chi connectivity index (χ1) is 6.91. The van der Waals surface area contributed by atoms with Gasteiger partial charge in [-0.05, 0) is 24.1 Å². The van der Waals surface area contributed by atoms with Crippen molar-refractivity contribution in [3.05, 3.63) is 28.8 Å². The molecule has 0 fully saturated rings. The van der Waals surface area contributed by atoms with Crippen molar-refractivity contribution in [3.8, 4) is 5.75 Å². The second kappa shape index (κ2) is 3.13. The Morgan fingerprint density at radius 1 is 1.40 bits per heavy atom. The molecule has 1 N–H and O–H groups in total. The molecule has 0 aromatic heterocycles. The maximum Gasteiger partial charge on any atom is 0.419 e. The van der Waals surface area contributed by atoms with Gasteiger partial charge in [-0.2, -0.15) is 13.2 Å². The van der Waals surface area contributed by atoms with Crippen LogP contribution in [0.3, 0.4) is 0 Å². The summed E-state index contributed by atoms with van der Waals surface area (Å²) in [6.07, 6.45) is -6.47. The first-order valence-corrected chi connectivity index (χ1v) is 4.41. The van der Waals surface area contributed by atoms with Gasteiger partial charge in [0, 0.05) is 5.56 Å². The van der Waals surface area contributed by atoms with Crippen LogP contribution in [0.25, 0.3) is 0 Å². The Morgan fingerprint density at radius 2 is 2.07 bits per heavy atom. The third-order valence-electron chi connectivity index (χ3n) is 2.52. The molecule has 2 rings (SSSR count). The van der Waals surface area contributed by atoms with Gasteiger partial charge in [0.1, 0.15) is 5.75 Å². The Labute approximate surface area is 84.3 Å². The highest BCUT2D eigenvalue weighted by atomic mass is 19.4. The molecule has 5 heteroatoms. The van der Waals surface area contributed by atoms with E-state index in [1.54, 1.807) is 13.0 Å². The van der Waals surface area contributed by atoms with Gasteiger partial charge in [0.2, 0.25) is 0 Å². The van der Waals surface area contributed by atoms with Crippen molar-refractivity contribution in [1.29, 1.82) is 0 Å². The molecule has 2 nitrogen and oxygen atoms in total. The average molecular weight is 218 g/mol. The number of ether oxygens (including phenoxy) is 1. The number of alkyl halides is 3. The van der Waals surface area contributed by atoms with Crippen molar-refractivity contribution in [3.63, 3.8) is 0 Å². The number of phenols is 1. The molecule has 0 saturated heterocycles. The molecule has 1 heterocycles. The predicted octanol–water partition coefficient (Wildman–Crippen LogP) is 2.83. The van der Waals surface area contributed by atoms with Crippen molar-refractivity contribution in [2.75, 3.05) is 0 Å². The molecule has 1 aliphatic heterocycles. The molecular formula is C10H9F3O2. The number of hydrogen-bond acceptors (Lipinski definition) is 2. The number of rotatable bonds is 0. The van der Waals surface area contributed by atoms with Gasteiger partial charge >= 0.3 is 6.18 Å². The monoisotopic (exact) mass is 218 g/mol. The van der Waals surface area contributed by atoms with Crippen molar-refractivity contribution >= 4 is 0 Å². The summed E-state index contributed by atoms with van der Waals surface area (Å²) in [7, 11) is 0. The Bertz CT molecular complexity index is 398. The van der Waals surface area contributed by atoms with E-state index < -0.39 is 12.3 Å². The standard InChI is InChI=1S/C10H9F3O2/c1-5-2-3-7(14)8-6(5)4-15-9(8)10(11,12)13/h2-3,9,14H,4H2,1H3. The summed E-state index contributed by atoms with van der Waals surface area (Å²) < 4.78 is 42.2. The van der Waals surface area contributed by atoms with Crippen molar-refractivity contribution in [2.24, 2.45) is 0 Å². The molecule has 1 aromatic carbocycles. The van der Waals surface area contributed by atoms with Gasteiger partial charge in [0.25, 0.3) is 0 Å². The lowest BCUT2D eigenvalue weighted by Gasteiger charge is -2.16. The average Bonchev–Trinajstić information content (AvgIpc) is 2.55. The van der Waals surface area contributed by atoms with Gasteiger partial charge in [0.05, 0.1) is 6.61 Å². The Balaban J connectivity index is 2.55. The fraction of sp³-hybridized carbons (Fsp3) is 0.400. The number of aromatic hydroxyl groups is 1. The zero-order chi connectivity index (χ0) is 11.2. The number of benzene rings is 1. The highest BCUT2D eigenvalue weighted by molar-refractivity contribution is 5.47. The van der Waals surface area contributed by atoms with E-state index in [9.17, 15) is 18.3 Å². The highest BCUT2D eigenvalue weighted by Gasteiger charge is 2.47. The van der Waals surface area contributed by atoms with Crippen LogP contribution in [0.4, 0.5) is 13.2 Å².